The highest BCUT2D eigenvalue weighted by Crippen LogP contribution is 2.53. The Bertz CT molecular complexity index is 1420. The van der Waals surface area contributed by atoms with Crippen LogP contribution < -0.4 is 4.74 Å². The van der Waals surface area contributed by atoms with E-state index >= 15 is 0 Å². The Balaban J connectivity index is 1.41. The molecule has 2 aliphatic rings. The van der Waals surface area contributed by atoms with Gasteiger partial charge in [0, 0.05) is 17.9 Å². The van der Waals surface area contributed by atoms with Crippen molar-refractivity contribution in [1.82, 2.24) is 14.7 Å². The Morgan fingerprint density at radius 2 is 1.95 bits per heavy atom. The number of aromatic nitrogens is 2. The number of aliphatic hydroxyl groups is 1. The molecule has 1 aromatic heterocycles. The number of aliphatic hydroxyl groups excluding tert-OH is 1. The van der Waals surface area contributed by atoms with E-state index in [-0.39, 0.29) is 18.8 Å². The standard InChI is InChI=1S/C30H31F4N3O3/c1-29-16-20-17-35-37(23-10-8-22(31)9-11-23)25(20)15-21(29)7-12-24(29)28(39)36(18-27(38)30(32,33)34)14-13-19-5-3-4-6-26(19)40-2/h3-6,8-11,15,17,24,27,38H,7,12-14,16,18H2,1-2H3/t24-,27?,29+/m1/s1. The summed E-state index contributed by atoms with van der Waals surface area (Å²) < 4.78 is 60.6. The molecule has 0 spiro atoms. The summed E-state index contributed by atoms with van der Waals surface area (Å²) in [5.41, 5.74) is 3.66. The Labute approximate surface area is 229 Å². The van der Waals surface area contributed by atoms with Crippen molar-refractivity contribution in [2.24, 2.45) is 11.3 Å². The van der Waals surface area contributed by atoms with Gasteiger partial charge >= 0.3 is 6.18 Å². The summed E-state index contributed by atoms with van der Waals surface area (Å²) in [6.45, 7) is 1.15. The lowest BCUT2D eigenvalue weighted by Crippen LogP contribution is -2.49. The molecule has 1 fully saturated rings. The molecule has 3 aromatic rings. The molecule has 0 radical (unpaired) electrons. The van der Waals surface area contributed by atoms with Crippen molar-refractivity contribution in [1.29, 1.82) is 0 Å². The molecule has 2 aromatic carbocycles. The number of ether oxygens (including phenoxy) is 1. The van der Waals surface area contributed by atoms with Crippen LogP contribution in [0.5, 0.6) is 5.75 Å². The molecular formula is C30H31F4N3O3. The summed E-state index contributed by atoms with van der Waals surface area (Å²) in [5.74, 6) is -0.723. The average molecular weight is 558 g/mol. The van der Waals surface area contributed by atoms with Crippen LogP contribution >= 0.6 is 0 Å². The van der Waals surface area contributed by atoms with Crippen LogP contribution in [-0.2, 0) is 17.6 Å². The number of alkyl halides is 3. The van der Waals surface area contributed by atoms with Crippen LogP contribution in [0, 0.1) is 17.2 Å². The van der Waals surface area contributed by atoms with Crippen LogP contribution in [0.3, 0.4) is 0 Å². The van der Waals surface area contributed by atoms with Gasteiger partial charge in [0.05, 0.1) is 31.2 Å². The van der Waals surface area contributed by atoms with Crippen molar-refractivity contribution in [2.45, 2.75) is 44.9 Å². The number of allylic oxidation sites excluding steroid dienone is 1. The maximum Gasteiger partial charge on any atom is 0.416 e. The molecule has 40 heavy (non-hydrogen) atoms. The number of carbonyl (C=O) groups excluding carboxylic acids is 1. The molecular weight excluding hydrogens is 526 g/mol. The highest BCUT2D eigenvalue weighted by atomic mass is 19.4. The zero-order chi connectivity index (χ0) is 28.7. The first-order valence-corrected chi connectivity index (χ1v) is 13.2. The summed E-state index contributed by atoms with van der Waals surface area (Å²) in [6.07, 6.45) is -1.88. The van der Waals surface area contributed by atoms with Crippen molar-refractivity contribution in [3.63, 3.8) is 0 Å². The van der Waals surface area contributed by atoms with Gasteiger partial charge in [-0.2, -0.15) is 18.3 Å². The lowest BCUT2D eigenvalue weighted by Gasteiger charge is -2.38. The molecule has 5 rings (SSSR count). The predicted molar refractivity (Wildman–Crippen MR) is 141 cm³/mol. The third kappa shape index (κ3) is 5.24. The van der Waals surface area contributed by atoms with Gasteiger partial charge in [0.25, 0.3) is 0 Å². The first-order valence-electron chi connectivity index (χ1n) is 13.2. The van der Waals surface area contributed by atoms with Crippen molar-refractivity contribution < 1.29 is 32.2 Å². The maximum absolute atomic E-state index is 13.9. The first-order chi connectivity index (χ1) is 19.0. The van der Waals surface area contributed by atoms with E-state index in [2.05, 4.69) is 5.10 Å². The van der Waals surface area contributed by atoms with Crippen LogP contribution in [0.25, 0.3) is 11.8 Å². The number of methoxy groups -OCH3 is 1. The third-order valence-electron chi connectivity index (χ3n) is 8.26. The van der Waals surface area contributed by atoms with Gasteiger partial charge in [-0.05, 0) is 73.2 Å². The van der Waals surface area contributed by atoms with E-state index in [9.17, 15) is 27.5 Å². The lowest BCUT2D eigenvalue weighted by atomic mass is 9.69. The molecule has 1 heterocycles. The largest absolute Gasteiger partial charge is 0.496 e. The Hall–Kier alpha value is -3.66. The van der Waals surface area contributed by atoms with E-state index in [1.807, 2.05) is 13.0 Å². The van der Waals surface area contributed by atoms with Crippen LogP contribution in [-0.4, -0.2) is 58.2 Å². The summed E-state index contributed by atoms with van der Waals surface area (Å²) in [7, 11) is 1.51. The van der Waals surface area contributed by atoms with Crippen molar-refractivity contribution in [2.75, 3.05) is 20.2 Å². The normalized spacial score (nSPS) is 20.9. The van der Waals surface area contributed by atoms with Gasteiger partial charge in [-0.15, -0.1) is 0 Å². The van der Waals surface area contributed by atoms with Crippen molar-refractivity contribution in [3.8, 4) is 11.4 Å². The number of halogens is 4. The second kappa shape index (κ2) is 10.7. The van der Waals surface area contributed by atoms with Crippen LogP contribution in [0.4, 0.5) is 17.6 Å². The molecule has 0 saturated heterocycles. The molecule has 10 heteroatoms. The Morgan fingerprint density at radius 3 is 2.65 bits per heavy atom. The van der Waals surface area contributed by atoms with E-state index < -0.39 is 36.1 Å². The Morgan fingerprint density at radius 1 is 1.23 bits per heavy atom. The average Bonchev–Trinajstić information content (AvgIpc) is 3.48. The molecule has 3 atom stereocenters. The fourth-order valence-electron chi connectivity index (χ4n) is 6.02. The van der Waals surface area contributed by atoms with Gasteiger partial charge in [-0.3, -0.25) is 4.79 Å². The topological polar surface area (TPSA) is 67.6 Å². The minimum Gasteiger partial charge on any atom is -0.496 e. The molecule has 0 bridgehead atoms. The Kier molecular flexibility index (Phi) is 7.48. The van der Waals surface area contributed by atoms with Gasteiger partial charge in [-0.1, -0.05) is 30.7 Å². The van der Waals surface area contributed by atoms with E-state index in [1.54, 1.807) is 47.3 Å². The van der Waals surface area contributed by atoms with Crippen molar-refractivity contribution in [3.05, 3.63) is 82.9 Å². The third-order valence-corrected chi connectivity index (χ3v) is 8.26. The second-order valence-corrected chi connectivity index (χ2v) is 10.7. The first kappa shape index (κ1) is 27.9. The summed E-state index contributed by atoms with van der Waals surface area (Å²) in [4.78, 5) is 15.1. The highest BCUT2D eigenvalue weighted by molar-refractivity contribution is 5.82. The smallest absolute Gasteiger partial charge is 0.416 e. The molecule has 2 aliphatic carbocycles. The van der Waals surface area contributed by atoms with Gasteiger partial charge in [-0.25, -0.2) is 9.07 Å². The molecule has 1 amide bonds. The van der Waals surface area contributed by atoms with Gasteiger partial charge < -0.3 is 14.7 Å². The van der Waals surface area contributed by atoms with Crippen LogP contribution in [0.15, 0.2) is 60.3 Å². The number of fused-ring (bicyclic) bond motifs is 2. The minimum atomic E-state index is -4.84. The van der Waals surface area contributed by atoms with E-state index in [0.717, 1.165) is 27.3 Å². The monoisotopic (exact) mass is 557 g/mol. The lowest BCUT2D eigenvalue weighted by molar-refractivity contribution is -0.208. The molecule has 1 saturated carbocycles. The second-order valence-electron chi connectivity index (χ2n) is 10.7. The number of amides is 1. The van der Waals surface area contributed by atoms with Gasteiger partial charge in [0.15, 0.2) is 6.10 Å². The summed E-state index contributed by atoms with van der Waals surface area (Å²) in [5, 5.41) is 14.4. The zero-order valence-corrected chi connectivity index (χ0v) is 22.3. The minimum absolute atomic E-state index is 0.00568. The summed E-state index contributed by atoms with van der Waals surface area (Å²) >= 11 is 0. The van der Waals surface area contributed by atoms with E-state index in [1.165, 1.54) is 19.2 Å². The van der Waals surface area contributed by atoms with Crippen LogP contribution in [0.1, 0.15) is 36.6 Å². The van der Waals surface area contributed by atoms with E-state index in [4.69, 9.17) is 4.74 Å². The molecule has 1 unspecified atom stereocenters. The fourth-order valence-corrected chi connectivity index (χ4v) is 6.02. The van der Waals surface area contributed by atoms with Gasteiger partial charge in [0.1, 0.15) is 11.6 Å². The van der Waals surface area contributed by atoms with Crippen LogP contribution in [0.2, 0.25) is 0 Å². The van der Waals surface area contributed by atoms with Crippen molar-refractivity contribution >= 4 is 12.0 Å². The molecule has 212 valence electrons. The zero-order valence-electron chi connectivity index (χ0n) is 22.3. The quantitative estimate of drug-likeness (QED) is 0.378. The number of hydrogen-bond donors (Lipinski definition) is 1. The maximum atomic E-state index is 13.9. The SMILES string of the molecule is COc1ccccc1CCN(CC(O)C(F)(F)F)C(=O)[C@H]1CCC2=Cc3c(cnn3-c3ccc(F)cc3)C[C@@]21C. The molecule has 1 N–H and O–H groups in total. The molecule has 6 nitrogen and oxygen atoms in total. The number of rotatable bonds is 8. The predicted octanol–water partition coefficient (Wildman–Crippen LogP) is 5.37. The number of benzene rings is 2. The highest BCUT2D eigenvalue weighted by Gasteiger charge is 2.50. The number of hydrogen-bond acceptors (Lipinski definition) is 4. The number of carbonyl (C=O) groups is 1. The number of para-hydroxylation sites is 1. The van der Waals surface area contributed by atoms with Gasteiger partial charge in [0.2, 0.25) is 5.91 Å². The van der Waals surface area contributed by atoms with E-state index in [0.29, 0.717) is 30.7 Å². The summed E-state index contributed by atoms with van der Waals surface area (Å²) in [6, 6.07) is 13.2. The number of nitrogens with zero attached hydrogens (tertiary/aromatic N) is 3. The molecule has 0 aliphatic heterocycles. The fraction of sp³-hybridized carbons (Fsp3) is 0.400.